The number of thiazole rings is 2. The van der Waals surface area contributed by atoms with Crippen molar-refractivity contribution in [2.45, 2.75) is 26.9 Å². The fourth-order valence-corrected chi connectivity index (χ4v) is 7.40. The first kappa shape index (κ1) is 28.6. The molecule has 0 saturated carbocycles. The predicted molar refractivity (Wildman–Crippen MR) is 176 cm³/mol. The van der Waals surface area contributed by atoms with Crippen LogP contribution >= 0.6 is 22.7 Å². The average Bonchev–Trinajstić information content (AvgIpc) is 3.61. The van der Waals surface area contributed by atoms with E-state index < -0.39 is 0 Å². The molecular formula is C34H34N4O2S2. The fraction of sp³-hybridized carbons (Fsp3) is 0.235. The maximum absolute atomic E-state index is 9.05. The number of rotatable bonds is 11. The van der Waals surface area contributed by atoms with Crippen LogP contribution in [0, 0.1) is 13.8 Å². The molecule has 0 radical (unpaired) electrons. The smallest absolute Gasteiger partial charge is 0.124 e. The van der Waals surface area contributed by atoms with Crippen LogP contribution in [0.3, 0.4) is 0 Å². The largest absolute Gasteiger partial charge is 0.395 e. The van der Waals surface area contributed by atoms with Gasteiger partial charge in [-0.1, -0.05) is 48.5 Å². The van der Waals surface area contributed by atoms with Gasteiger partial charge in [0.2, 0.25) is 0 Å². The van der Waals surface area contributed by atoms with E-state index in [2.05, 4.69) is 97.3 Å². The second-order valence-electron chi connectivity index (χ2n) is 10.4. The molecule has 4 aromatic carbocycles. The molecule has 0 aliphatic heterocycles. The minimum absolute atomic E-state index is 0.132. The molecule has 2 aromatic heterocycles. The van der Waals surface area contributed by atoms with E-state index in [4.69, 9.17) is 20.2 Å². The number of nitrogens with zero attached hydrogens (tertiary/aromatic N) is 2. The monoisotopic (exact) mass is 594 g/mol. The van der Waals surface area contributed by atoms with Crippen LogP contribution in [0.4, 0.5) is 0 Å². The molecule has 0 aliphatic carbocycles. The highest BCUT2D eigenvalue weighted by molar-refractivity contribution is 7.22. The highest BCUT2D eigenvalue weighted by atomic mass is 32.1. The third kappa shape index (κ3) is 5.87. The van der Waals surface area contributed by atoms with Gasteiger partial charge in [-0.3, -0.25) is 0 Å². The Labute approximate surface area is 253 Å². The molecule has 42 heavy (non-hydrogen) atoms. The highest BCUT2D eigenvalue weighted by Gasteiger charge is 2.17. The van der Waals surface area contributed by atoms with Crippen molar-refractivity contribution in [1.29, 1.82) is 0 Å². The van der Waals surface area contributed by atoms with Gasteiger partial charge in [-0.05, 0) is 71.5 Å². The number of fused-ring (bicyclic) bond motifs is 2. The molecule has 0 unspecified atom stereocenters. The quantitative estimate of drug-likeness (QED) is 0.125. The molecule has 0 bridgehead atoms. The first-order valence-electron chi connectivity index (χ1n) is 14.2. The zero-order chi connectivity index (χ0) is 29.1. The minimum Gasteiger partial charge on any atom is -0.395 e. The summed E-state index contributed by atoms with van der Waals surface area (Å²) in [6.07, 6.45) is 0. The Morgan fingerprint density at radius 1 is 0.595 bits per heavy atom. The molecule has 6 nitrogen and oxygen atoms in total. The van der Waals surface area contributed by atoms with Crippen LogP contribution in [0.2, 0.25) is 0 Å². The molecule has 6 aromatic rings. The first-order chi connectivity index (χ1) is 20.6. The van der Waals surface area contributed by atoms with Gasteiger partial charge in [0.1, 0.15) is 10.0 Å². The lowest BCUT2D eigenvalue weighted by Crippen LogP contribution is -2.17. The topological polar surface area (TPSA) is 90.3 Å². The molecule has 0 amide bonds. The van der Waals surface area contributed by atoms with Crippen molar-refractivity contribution in [1.82, 2.24) is 20.6 Å². The summed E-state index contributed by atoms with van der Waals surface area (Å²) in [5.74, 6) is 0. The Kier molecular flexibility index (Phi) is 8.71. The molecule has 0 spiro atoms. The van der Waals surface area contributed by atoms with E-state index in [-0.39, 0.29) is 13.2 Å². The second kappa shape index (κ2) is 12.8. The number of benzene rings is 4. The van der Waals surface area contributed by atoms with Crippen molar-refractivity contribution < 1.29 is 10.2 Å². The standard InChI is InChI=1S/C34H34N4O2S2/c1-21-25(5-3-7-27(21)33-37-29-17-23(19-35-13-15-39)9-11-31(29)41-33)26-6-4-8-28(22(26)2)34-38-30-18-24(20-36-14-16-40)10-12-32(30)42-34/h3-12,17-18,35-36,39-40H,13-16,19-20H2,1-2H3. The van der Waals surface area contributed by atoms with Crippen molar-refractivity contribution in [2.75, 3.05) is 26.3 Å². The van der Waals surface area contributed by atoms with Crippen LogP contribution in [0.5, 0.6) is 0 Å². The SMILES string of the molecule is Cc1c(-c2nc3cc(CNCCO)ccc3s2)cccc1-c1cccc(-c2nc3cc(CNCCO)ccc3s2)c1C. The van der Waals surface area contributed by atoms with Crippen LogP contribution in [0.25, 0.3) is 52.7 Å². The number of aliphatic hydroxyl groups excluding tert-OH is 2. The van der Waals surface area contributed by atoms with Crippen LogP contribution < -0.4 is 10.6 Å². The predicted octanol–water partition coefficient (Wildman–Crippen LogP) is 6.69. The van der Waals surface area contributed by atoms with Crippen molar-refractivity contribution in [3.05, 3.63) is 95.1 Å². The lowest BCUT2D eigenvalue weighted by atomic mass is 9.91. The summed E-state index contributed by atoms with van der Waals surface area (Å²) in [6.45, 7) is 7.23. The summed E-state index contributed by atoms with van der Waals surface area (Å²) in [6, 6.07) is 25.8. The molecule has 4 N–H and O–H groups in total. The maximum atomic E-state index is 9.05. The summed E-state index contributed by atoms with van der Waals surface area (Å²) in [5, 5.41) is 26.6. The van der Waals surface area contributed by atoms with E-state index in [0.717, 1.165) is 43.3 Å². The number of aliphatic hydroxyl groups is 2. The van der Waals surface area contributed by atoms with Gasteiger partial charge in [0.25, 0.3) is 0 Å². The normalized spacial score (nSPS) is 11.6. The summed E-state index contributed by atoms with van der Waals surface area (Å²) >= 11 is 3.45. The van der Waals surface area contributed by atoms with E-state index >= 15 is 0 Å². The van der Waals surface area contributed by atoms with Gasteiger partial charge in [-0.25, -0.2) is 9.97 Å². The second-order valence-corrected chi connectivity index (χ2v) is 12.5. The molecule has 214 valence electrons. The molecular weight excluding hydrogens is 561 g/mol. The summed E-state index contributed by atoms with van der Waals surface area (Å²) in [5.41, 5.74) is 11.5. The minimum atomic E-state index is 0.132. The molecule has 0 fully saturated rings. The van der Waals surface area contributed by atoms with Crippen molar-refractivity contribution in [3.63, 3.8) is 0 Å². The highest BCUT2D eigenvalue weighted by Crippen LogP contribution is 2.40. The Hall–Kier alpha value is -3.50. The summed E-state index contributed by atoms with van der Waals surface area (Å²) < 4.78 is 2.34. The van der Waals surface area contributed by atoms with E-state index in [0.29, 0.717) is 26.2 Å². The summed E-state index contributed by atoms with van der Waals surface area (Å²) in [7, 11) is 0. The number of hydrogen-bond donors (Lipinski definition) is 4. The van der Waals surface area contributed by atoms with Gasteiger partial charge in [0.05, 0.1) is 33.6 Å². The Bertz CT molecular complexity index is 1720. The Morgan fingerprint density at radius 3 is 1.45 bits per heavy atom. The van der Waals surface area contributed by atoms with E-state index in [1.54, 1.807) is 22.7 Å². The average molecular weight is 595 g/mol. The van der Waals surface area contributed by atoms with E-state index in [1.807, 2.05) is 0 Å². The number of hydrogen-bond acceptors (Lipinski definition) is 8. The number of aromatic nitrogens is 2. The van der Waals surface area contributed by atoms with Gasteiger partial charge in [-0.15, -0.1) is 22.7 Å². The van der Waals surface area contributed by atoms with Crippen LogP contribution in [0.1, 0.15) is 22.3 Å². The molecule has 8 heteroatoms. The van der Waals surface area contributed by atoms with Gasteiger partial charge in [0, 0.05) is 37.3 Å². The van der Waals surface area contributed by atoms with E-state index in [1.165, 1.54) is 31.7 Å². The summed E-state index contributed by atoms with van der Waals surface area (Å²) in [4.78, 5) is 10.1. The van der Waals surface area contributed by atoms with Gasteiger partial charge >= 0.3 is 0 Å². The van der Waals surface area contributed by atoms with Gasteiger partial charge in [-0.2, -0.15) is 0 Å². The Morgan fingerprint density at radius 2 is 1.02 bits per heavy atom. The number of nitrogens with one attached hydrogen (secondary N) is 2. The van der Waals surface area contributed by atoms with Crippen molar-refractivity contribution in [2.24, 2.45) is 0 Å². The first-order valence-corrected chi connectivity index (χ1v) is 15.8. The lowest BCUT2D eigenvalue weighted by molar-refractivity contribution is 0.291. The van der Waals surface area contributed by atoms with Crippen molar-refractivity contribution >= 4 is 43.1 Å². The van der Waals surface area contributed by atoms with Crippen LogP contribution in [0.15, 0.2) is 72.8 Å². The van der Waals surface area contributed by atoms with E-state index in [9.17, 15) is 0 Å². The molecule has 0 atom stereocenters. The lowest BCUT2D eigenvalue weighted by Gasteiger charge is -2.14. The van der Waals surface area contributed by atoms with Crippen LogP contribution in [-0.4, -0.2) is 46.5 Å². The molecule has 6 rings (SSSR count). The van der Waals surface area contributed by atoms with Crippen LogP contribution in [-0.2, 0) is 13.1 Å². The molecule has 2 heterocycles. The zero-order valence-electron chi connectivity index (χ0n) is 23.8. The Balaban J connectivity index is 1.32. The van der Waals surface area contributed by atoms with Gasteiger partial charge in [0.15, 0.2) is 0 Å². The van der Waals surface area contributed by atoms with Gasteiger partial charge < -0.3 is 20.8 Å². The fourth-order valence-electron chi connectivity index (χ4n) is 5.34. The molecule has 0 saturated heterocycles. The third-order valence-electron chi connectivity index (χ3n) is 7.56. The molecule has 0 aliphatic rings. The maximum Gasteiger partial charge on any atom is 0.124 e. The third-order valence-corrected chi connectivity index (χ3v) is 9.70. The zero-order valence-corrected chi connectivity index (χ0v) is 25.4. The van der Waals surface area contributed by atoms with Crippen molar-refractivity contribution in [3.8, 4) is 32.3 Å².